The van der Waals surface area contributed by atoms with Crippen LogP contribution in [0.15, 0.2) is 48.5 Å². The number of carbonyl (C=O) groups is 1. The largest absolute Gasteiger partial charge is 0.338 e. The molecular formula is C18H20FN3O3. The van der Waals surface area contributed by atoms with Crippen LogP contribution in [-0.2, 0) is 6.42 Å². The summed E-state index contributed by atoms with van der Waals surface area (Å²) in [4.78, 5) is 24.1. The topological polar surface area (TPSA) is 75.5 Å². The second-order valence-electron chi connectivity index (χ2n) is 5.71. The predicted molar refractivity (Wildman–Crippen MR) is 92.8 cm³/mol. The van der Waals surface area contributed by atoms with Gasteiger partial charge in [-0.05, 0) is 30.5 Å². The van der Waals surface area contributed by atoms with E-state index in [0.717, 1.165) is 0 Å². The molecule has 2 rings (SSSR count). The minimum Gasteiger partial charge on any atom is -0.338 e. The predicted octanol–water partition coefficient (Wildman–Crippen LogP) is 3.68. The molecule has 2 amide bonds. The highest BCUT2D eigenvalue weighted by molar-refractivity contribution is 5.74. The fourth-order valence-corrected chi connectivity index (χ4v) is 2.43. The van der Waals surface area contributed by atoms with Crippen molar-refractivity contribution in [2.24, 2.45) is 0 Å². The molecule has 6 nitrogen and oxygen atoms in total. The first-order valence-corrected chi connectivity index (χ1v) is 7.88. The van der Waals surface area contributed by atoms with Crippen LogP contribution in [0, 0.1) is 15.9 Å². The summed E-state index contributed by atoms with van der Waals surface area (Å²) >= 11 is 0. The average Bonchev–Trinajstić information content (AvgIpc) is 2.62. The van der Waals surface area contributed by atoms with Crippen molar-refractivity contribution in [2.75, 3.05) is 13.6 Å². The fraction of sp³-hybridized carbons (Fsp3) is 0.278. The van der Waals surface area contributed by atoms with E-state index < -0.39 is 4.92 Å². The zero-order valence-corrected chi connectivity index (χ0v) is 14.1. The lowest BCUT2D eigenvalue weighted by Gasteiger charge is -2.25. The average molecular weight is 345 g/mol. The van der Waals surface area contributed by atoms with Gasteiger partial charge in [-0.1, -0.05) is 30.3 Å². The van der Waals surface area contributed by atoms with Gasteiger partial charge in [-0.25, -0.2) is 9.18 Å². The van der Waals surface area contributed by atoms with Gasteiger partial charge in [0.2, 0.25) is 0 Å². The summed E-state index contributed by atoms with van der Waals surface area (Å²) in [7, 11) is 1.61. The summed E-state index contributed by atoms with van der Waals surface area (Å²) in [5, 5.41) is 13.6. The molecule has 0 aliphatic carbocycles. The third kappa shape index (κ3) is 4.76. The Morgan fingerprint density at radius 3 is 2.68 bits per heavy atom. The maximum atomic E-state index is 13.5. The second-order valence-corrected chi connectivity index (χ2v) is 5.71. The van der Waals surface area contributed by atoms with E-state index in [1.165, 1.54) is 23.1 Å². The molecule has 2 aromatic carbocycles. The summed E-state index contributed by atoms with van der Waals surface area (Å²) in [5.41, 5.74) is 1.19. The van der Waals surface area contributed by atoms with E-state index in [2.05, 4.69) is 5.32 Å². The van der Waals surface area contributed by atoms with Crippen LogP contribution in [0.2, 0.25) is 0 Å². The van der Waals surface area contributed by atoms with Gasteiger partial charge < -0.3 is 10.2 Å². The van der Waals surface area contributed by atoms with Gasteiger partial charge in [0.25, 0.3) is 5.69 Å². The van der Waals surface area contributed by atoms with Crippen molar-refractivity contribution in [1.82, 2.24) is 10.2 Å². The molecule has 0 aliphatic rings. The lowest BCUT2D eigenvalue weighted by Crippen LogP contribution is -2.39. The van der Waals surface area contributed by atoms with Crippen molar-refractivity contribution in [3.05, 3.63) is 75.6 Å². The van der Waals surface area contributed by atoms with Crippen LogP contribution in [0.5, 0.6) is 0 Å². The molecule has 132 valence electrons. The van der Waals surface area contributed by atoms with Crippen LogP contribution in [0.1, 0.15) is 24.1 Å². The van der Waals surface area contributed by atoms with E-state index in [1.807, 2.05) is 0 Å². The number of halogens is 1. The number of nitrogens with one attached hydrogen (secondary N) is 1. The Hall–Kier alpha value is -2.96. The van der Waals surface area contributed by atoms with Crippen LogP contribution in [0.25, 0.3) is 0 Å². The summed E-state index contributed by atoms with van der Waals surface area (Å²) in [6, 6.07) is 11.9. The molecule has 0 spiro atoms. The van der Waals surface area contributed by atoms with Crippen molar-refractivity contribution in [3.63, 3.8) is 0 Å². The Labute approximate surface area is 145 Å². The molecule has 0 unspecified atom stereocenters. The molecule has 0 aliphatic heterocycles. The Balaban J connectivity index is 1.94. The monoisotopic (exact) mass is 345 g/mol. The quantitative estimate of drug-likeness (QED) is 0.641. The highest BCUT2D eigenvalue weighted by atomic mass is 19.1. The Morgan fingerprint density at radius 2 is 2.00 bits per heavy atom. The zero-order chi connectivity index (χ0) is 18.4. The summed E-state index contributed by atoms with van der Waals surface area (Å²) in [6.07, 6.45) is 0.386. The second kappa shape index (κ2) is 8.23. The van der Waals surface area contributed by atoms with E-state index in [4.69, 9.17) is 0 Å². The minimum atomic E-state index is -0.468. The van der Waals surface area contributed by atoms with Crippen LogP contribution in [0.3, 0.4) is 0 Å². The van der Waals surface area contributed by atoms with Gasteiger partial charge in [-0.2, -0.15) is 0 Å². The van der Waals surface area contributed by atoms with E-state index >= 15 is 0 Å². The molecule has 25 heavy (non-hydrogen) atoms. The van der Waals surface area contributed by atoms with Gasteiger partial charge in [0.05, 0.1) is 11.0 Å². The Bertz CT molecular complexity index is 767. The normalized spacial score (nSPS) is 11.6. The molecule has 0 saturated heterocycles. The van der Waals surface area contributed by atoms with Gasteiger partial charge in [0.15, 0.2) is 0 Å². The SMILES string of the molecule is C[C@H](c1cccc([N+](=O)[O-])c1)N(C)C(=O)NCCc1ccccc1F. The van der Waals surface area contributed by atoms with Gasteiger partial charge in [0, 0.05) is 25.7 Å². The van der Waals surface area contributed by atoms with Crippen LogP contribution >= 0.6 is 0 Å². The van der Waals surface area contributed by atoms with E-state index in [9.17, 15) is 19.3 Å². The third-order valence-electron chi connectivity index (χ3n) is 4.09. The number of nitro benzene ring substituents is 1. The Morgan fingerprint density at radius 1 is 1.28 bits per heavy atom. The van der Waals surface area contributed by atoms with Crippen molar-refractivity contribution in [3.8, 4) is 0 Å². The van der Waals surface area contributed by atoms with Gasteiger partial charge >= 0.3 is 6.03 Å². The maximum Gasteiger partial charge on any atom is 0.317 e. The van der Waals surface area contributed by atoms with Gasteiger partial charge in [-0.3, -0.25) is 10.1 Å². The molecule has 0 heterocycles. The summed E-state index contributed by atoms with van der Waals surface area (Å²) < 4.78 is 13.5. The van der Waals surface area contributed by atoms with E-state index in [1.54, 1.807) is 44.3 Å². The highest BCUT2D eigenvalue weighted by Crippen LogP contribution is 2.22. The molecule has 0 saturated carbocycles. The molecule has 0 radical (unpaired) electrons. The number of carbonyl (C=O) groups excluding carboxylic acids is 1. The first-order chi connectivity index (χ1) is 11.9. The first-order valence-electron chi connectivity index (χ1n) is 7.88. The maximum absolute atomic E-state index is 13.5. The number of benzene rings is 2. The summed E-state index contributed by atoms with van der Waals surface area (Å²) in [5.74, 6) is -0.296. The minimum absolute atomic E-state index is 0.0160. The number of hydrogen-bond acceptors (Lipinski definition) is 3. The molecule has 1 atom stereocenters. The van der Waals surface area contributed by atoms with Crippen LogP contribution in [0.4, 0.5) is 14.9 Å². The molecule has 1 N–H and O–H groups in total. The number of rotatable bonds is 6. The standard InChI is InChI=1S/C18H20FN3O3/c1-13(15-7-5-8-16(12-15)22(24)25)21(2)18(23)20-11-10-14-6-3-4-9-17(14)19/h3-9,12-13H,10-11H2,1-2H3,(H,20,23)/t13-/m1/s1. The summed E-state index contributed by atoms with van der Waals surface area (Å²) in [6.45, 7) is 2.08. The van der Waals surface area contributed by atoms with Crippen molar-refractivity contribution in [1.29, 1.82) is 0 Å². The molecule has 0 aromatic heterocycles. The molecule has 0 fully saturated rings. The van der Waals surface area contributed by atoms with E-state index in [0.29, 0.717) is 24.1 Å². The Kier molecular flexibility index (Phi) is 6.05. The lowest BCUT2D eigenvalue weighted by atomic mass is 10.1. The smallest absolute Gasteiger partial charge is 0.317 e. The molecular weight excluding hydrogens is 325 g/mol. The number of nitro groups is 1. The number of nitrogens with zero attached hydrogens (tertiary/aromatic N) is 2. The van der Waals surface area contributed by atoms with Gasteiger partial charge in [0.1, 0.15) is 5.82 Å². The number of urea groups is 1. The van der Waals surface area contributed by atoms with Crippen molar-refractivity contribution in [2.45, 2.75) is 19.4 Å². The number of amides is 2. The van der Waals surface area contributed by atoms with Crippen LogP contribution < -0.4 is 5.32 Å². The number of non-ortho nitro benzene ring substituents is 1. The fourth-order valence-electron chi connectivity index (χ4n) is 2.43. The van der Waals surface area contributed by atoms with Crippen molar-refractivity contribution < 1.29 is 14.1 Å². The number of hydrogen-bond donors (Lipinski definition) is 1. The third-order valence-corrected chi connectivity index (χ3v) is 4.09. The molecule has 0 bridgehead atoms. The molecule has 7 heteroatoms. The lowest BCUT2D eigenvalue weighted by molar-refractivity contribution is -0.384. The zero-order valence-electron chi connectivity index (χ0n) is 14.1. The molecule has 2 aromatic rings. The van der Waals surface area contributed by atoms with Crippen molar-refractivity contribution >= 4 is 11.7 Å². The highest BCUT2D eigenvalue weighted by Gasteiger charge is 2.19. The van der Waals surface area contributed by atoms with Gasteiger partial charge in [-0.15, -0.1) is 0 Å². The van der Waals surface area contributed by atoms with Crippen LogP contribution in [-0.4, -0.2) is 29.4 Å². The first kappa shape index (κ1) is 18.4. The van der Waals surface area contributed by atoms with E-state index in [-0.39, 0.29) is 23.6 Å².